The zero-order valence-corrected chi connectivity index (χ0v) is 22.3. The van der Waals surface area contributed by atoms with E-state index in [-0.39, 0.29) is 17.1 Å². The average Bonchev–Trinajstić information content (AvgIpc) is 3.40. The molecular formula is C27H36ClN3O3S. The third-order valence-electron chi connectivity index (χ3n) is 7.95. The van der Waals surface area contributed by atoms with Gasteiger partial charge in [-0.15, -0.1) is 0 Å². The van der Waals surface area contributed by atoms with Crippen molar-refractivity contribution >= 4 is 21.6 Å². The van der Waals surface area contributed by atoms with Gasteiger partial charge in [0, 0.05) is 43.3 Å². The molecule has 0 radical (unpaired) electrons. The Hall–Kier alpha value is -1.64. The topological polar surface area (TPSA) is 53.1 Å². The molecule has 3 aliphatic rings. The van der Waals surface area contributed by atoms with E-state index in [1.807, 2.05) is 25.1 Å². The molecule has 190 valence electrons. The molecule has 0 bridgehead atoms. The Bertz CT molecular complexity index is 1130. The number of sulfonamides is 1. The molecule has 3 fully saturated rings. The van der Waals surface area contributed by atoms with Crippen molar-refractivity contribution in [3.8, 4) is 5.75 Å². The van der Waals surface area contributed by atoms with Gasteiger partial charge in [0.2, 0.25) is 10.0 Å². The standard InChI is InChI=1S/C27H36ClN3O3S/c1-20-8-13-25(34-2)26(16-20)35(32,33)31-15-5-14-30-24(17-21-9-11-22(28)12-10-21)18-29(19-27(30)31)23-6-3-4-7-23/h8-13,16,23-24,27H,3-7,14-15,17-19H2,1-2H3. The molecule has 0 spiro atoms. The van der Waals surface area contributed by atoms with Crippen molar-refractivity contribution < 1.29 is 13.2 Å². The molecule has 35 heavy (non-hydrogen) atoms. The molecule has 2 heterocycles. The maximum Gasteiger partial charge on any atom is 0.248 e. The van der Waals surface area contributed by atoms with Gasteiger partial charge in [-0.05, 0) is 68.0 Å². The van der Waals surface area contributed by atoms with Gasteiger partial charge < -0.3 is 4.74 Å². The Kier molecular flexibility index (Phi) is 7.43. The van der Waals surface area contributed by atoms with Crippen molar-refractivity contribution in [3.63, 3.8) is 0 Å². The quantitative estimate of drug-likeness (QED) is 0.562. The predicted octanol–water partition coefficient (Wildman–Crippen LogP) is 4.55. The number of nitrogens with zero attached hydrogens (tertiary/aromatic N) is 3. The summed E-state index contributed by atoms with van der Waals surface area (Å²) in [5, 5.41) is 0.741. The Balaban J connectivity index is 1.49. The molecule has 8 heteroatoms. The van der Waals surface area contributed by atoms with E-state index in [0.29, 0.717) is 18.3 Å². The normalized spacial score (nSPS) is 25.0. The van der Waals surface area contributed by atoms with Gasteiger partial charge in [0.05, 0.1) is 13.3 Å². The van der Waals surface area contributed by atoms with Gasteiger partial charge >= 0.3 is 0 Å². The maximum absolute atomic E-state index is 14.1. The Morgan fingerprint density at radius 1 is 1.00 bits per heavy atom. The number of halogens is 1. The number of piperazine rings is 1. The molecule has 1 saturated carbocycles. The monoisotopic (exact) mass is 517 g/mol. The molecule has 2 aliphatic heterocycles. The van der Waals surface area contributed by atoms with Gasteiger partial charge in [0.1, 0.15) is 10.6 Å². The molecule has 6 nitrogen and oxygen atoms in total. The number of rotatable bonds is 6. The second kappa shape index (κ2) is 10.4. The predicted molar refractivity (Wildman–Crippen MR) is 140 cm³/mol. The van der Waals surface area contributed by atoms with Crippen molar-refractivity contribution in [2.24, 2.45) is 0 Å². The largest absolute Gasteiger partial charge is 0.495 e. The van der Waals surface area contributed by atoms with Crippen LogP contribution in [0.15, 0.2) is 47.4 Å². The van der Waals surface area contributed by atoms with Crippen LogP contribution in [-0.4, -0.2) is 74.1 Å². The molecule has 0 aromatic heterocycles. The molecule has 0 N–H and O–H groups in total. The van der Waals surface area contributed by atoms with Gasteiger partial charge in [-0.25, -0.2) is 8.42 Å². The van der Waals surface area contributed by atoms with Gasteiger partial charge in [-0.3, -0.25) is 9.80 Å². The smallest absolute Gasteiger partial charge is 0.248 e. The van der Waals surface area contributed by atoms with Crippen LogP contribution in [0.3, 0.4) is 0 Å². The van der Waals surface area contributed by atoms with Gasteiger partial charge in [0.25, 0.3) is 0 Å². The maximum atomic E-state index is 14.1. The summed E-state index contributed by atoms with van der Waals surface area (Å²) in [4.78, 5) is 5.30. The second-order valence-corrected chi connectivity index (χ2v) is 12.5. The molecule has 1 aliphatic carbocycles. The van der Waals surface area contributed by atoms with E-state index in [2.05, 4.69) is 21.9 Å². The summed E-state index contributed by atoms with van der Waals surface area (Å²) in [6, 6.07) is 14.3. The fourth-order valence-corrected chi connectivity index (χ4v) is 8.19. The number of aryl methyl sites for hydroxylation is 1. The summed E-state index contributed by atoms with van der Waals surface area (Å²) in [5.41, 5.74) is 2.15. The minimum atomic E-state index is -3.72. The Morgan fingerprint density at radius 3 is 2.46 bits per heavy atom. The SMILES string of the molecule is COc1ccc(C)cc1S(=O)(=O)N1CCCN2C(Cc3ccc(Cl)cc3)CN(C3CCCC3)CC21. The van der Waals surface area contributed by atoms with Crippen LogP contribution < -0.4 is 4.74 Å². The van der Waals surface area contributed by atoms with E-state index in [4.69, 9.17) is 16.3 Å². The van der Waals surface area contributed by atoms with E-state index in [1.165, 1.54) is 38.4 Å². The minimum Gasteiger partial charge on any atom is -0.495 e. The van der Waals surface area contributed by atoms with Crippen LogP contribution in [0.1, 0.15) is 43.2 Å². The lowest BCUT2D eigenvalue weighted by molar-refractivity contribution is -0.0596. The molecule has 2 unspecified atom stereocenters. The molecule has 5 rings (SSSR count). The third kappa shape index (κ3) is 5.12. The fraction of sp³-hybridized carbons (Fsp3) is 0.556. The number of fused-ring (bicyclic) bond motifs is 1. The van der Waals surface area contributed by atoms with Crippen molar-refractivity contribution in [1.82, 2.24) is 14.1 Å². The highest BCUT2D eigenvalue weighted by Gasteiger charge is 2.46. The van der Waals surface area contributed by atoms with Gasteiger partial charge in [0.15, 0.2) is 0 Å². The van der Waals surface area contributed by atoms with Crippen molar-refractivity contribution in [3.05, 3.63) is 58.6 Å². The van der Waals surface area contributed by atoms with Gasteiger partial charge in [-0.1, -0.05) is 42.6 Å². The first-order valence-corrected chi connectivity index (χ1v) is 14.6. The number of benzene rings is 2. The molecule has 2 saturated heterocycles. The highest BCUT2D eigenvalue weighted by Crippen LogP contribution is 2.36. The second-order valence-electron chi connectivity index (χ2n) is 10.2. The molecule has 2 aromatic rings. The summed E-state index contributed by atoms with van der Waals surface area (Å²) in [5.74, 6) is 0.411. The molecule has 0 amide bonds. The lowest BCUT2D eigenvalue weighted by Gasteiger charge is -2.54. The third-order valence-corrected chi connectivity index (χ3v) is 10.1. The summed E-state index contributed by atoms with van der Waals surface area (Å²) in [6.45, 7) is 5.11. The lowest BCUT2D eigenvalue weighted by atomic mass is 9.98. The molecule has 2 atom stereocenters. The van der Waals surface area contributed by atoms with E-state index in [1.54, 1.807) is 16.4 Å². The van der Waals surface area contributed by atoms with Crippen molar-refractivity contribution in [2.75, 3.05) is 33.3 Å². The van der Waals surface area contributed by atoms with Crippen LogP contribution in [0.5, 0.6) is 5.75 Å². The van der Waals surface area contributed by atoms with Crippen LogP contribution in [0, 0.1) is 6.92 Å². The van der Waals surface area contributed by atoms with Gasteiger partial charge in [-0.2, -0.15) is 4.31 Å². The van der Waals surface area contributed by atoms with Crippen molar-refractivity contribution in [2.45, 2.75) is 68.6 Å². The van der Waals surface area contributed by atoms with E-state index in [9.17, 15) is 8.42 Å². The lowest BCUT2D eigenvalue weighted by Crippen LogP contribution is -2.69. The van der Waals surface area contributed by atoms with Crippen molar-refractivity contribution in [1.29, 1.82) is 0 Å². The average molecular weight is 518 g/mol. The first kappa shape index (κ1) is 25.0. The summed E-state index contributed by atoms with van der Waals surface area (Å²) >= 11 is 6.14. The minimum absolute atomic E-state index is 0.175. The highest BCUT2D eigenvalue weighted by molar-refractivity contribution is 7.89. The number of hydrogen-bond donors (Lipinski definition) is 0. The van der Waals surface area contributed by atoms with Crippen LogP contribution >= 0.6 is 11.6 Å². The summed E-state index contributed by atoms with van der Waals surface area (Å²) < 4.78 is 35.4. The zero-order chi connectivity index (χ0) is 24.6. The zero-order valence-electron chi connectivity index (χ0n) is 20.7. The fourth-order valence-electron chi connectivity index (χ4n) is 6.19. The van der Waals surface area contributed by atoms with Crippen LogP contribution in [0.2, 0.25) is 5.02 Å². The Morgan fingerprint density at radius 2 is 1.74 bits per heavy atom. The highest BCUT2D eigenvalue weighted by atomic mass is 35.5. The summed E-state index contributed by atoms with van der Waals surface area (Å²) in [7, 11) is -2.19. The van der Waals surface area contributed by atoms with Crippen LogP contribution in [0.4, 0.5) is 0 Å². The van der Waals surface area contributed by atoms with Crippen LogP contribution in [0.25, 0.3) is 0 Å². The first-order chi connectivity index (χ1) is 16.9. The molecule has 2 aromatic carbocycles. The number of methoxy groups -OCH3 is 1. The van der Waals surface area contributed by atoms with E-state index in [0.717, 1.165) is 43.1 Å². The van der Waals surface area contributed by atoms with Crippen LogP contribution in [-0.2, 0) is 16.4 Å². The van der Waals surface area contributed by atoms with E-state index >= 15 is 0 Å². The summed E-state index contributed by atoms with van der Waals surface area (Å²) in [6.07, 6.45) is 6.48. The number of hydrogen-bond acceptors (Lipinski definition) is 5. The van der Waals surface area contributed by atoms with E-state index < -0.39 is 10.0 Å². The number of ether oxygens (including phenoxy) is 1. The molecular weight excluding hydrogens is 482 g/mol. The first-order valence-electron chi connectivity index (χ1n) is 12.8. The Labute approximate surface area is 214 Å².